The Morgan fingerprint density at radius 2 is 1.94 bits per heavy atom. The molecule has 0 saturated heterocycles. The number of pyridine rings is 1. The Morgan fingerprint density at radius 3 is 2.62 bits per heavy atom. The van der Waals surface area contributed by atoms with E-state index in [4.69, 9.17) is 4.74 Å². The number of nitrogens with zero attached hydrogens (tertiary/aromatic N) is 4. The van der Waals surface area contributed by atoms with Crippen LogP contribution in [0.15, 0.2) is 59.5 Å². The topological polar surface area (TPSA) is 160 Å². The second kappa shape index (κ2) is 12.1. The second-order valence-corrected chi connectivity index (χ2v) is 12.0. The quantitative estimate of drug-likeness (QED) is 0.188. The van der Waals surface area contributed by atoms with E-state index in [-0.39, 0.29) is 30.4 Å². The number of ether oxygens (including phenoxy) is 1. The van der Waals surface area contributed by atoms with Gasteiger partial charge in [0.25, 0.3) is 5.56 Å². The molecule has 1 aliphatic heterocycles. The number of esters is 1. The molecule has 3 N–H and O–H groups in total. The number of nitrogens with one attached hydrogen (secondary N) is 2. The van der Waals surface area contributed by atoms with Gasteiger partial charge in [-0.3, -0.25) is 24.3 Å². The van der Waals surface area contributed by atoms with E-state index in [1.807, 2.05) is 18.2 Å². The molecule has 7 rings (SSSR count). The van der Waals surface area contributed by atoms with E-state index in [1.165, 1.54) is 29.4 Å². The summed E-state index contributed by atoms with van der Waals surface area (Å²) in [5.41, 5.74) is 3.97. The molecule has 5 aromatic rings. The fraction of sp³-hybridized carbons (Fsp3) is 0.257. The van der Waals surface area contributed by atoms with Crippen LogP contribution in [0.5, 0.6) is 0 Å². The highest BCUT2D eigenvalue weighted by molar-refractivity contribution is 5.97. The monoisotopic (exact) mass is 650 g/mol. The average molecular weight is 651 g/mol. The lowest BCUT2D eigenvalue weighted by Crippen LogP contribution is -2.33. The van der Waals surface area contributed by atoms with Crippen molar-refractivity contribution in [2.75, 3.05) is 18.4 Å². The molecule has 48 heavy (non-hydrogen) atoms. The Balaban J connectivity index is 1.41. The predicted molar refractivity (Wildman–Crippen MR) is 176 cm³/mol. The Hall–Kier alpha value is -5.85. The lowest BCUT2D eigenvalue weighted by atomic mass is 9.99. The molecule has 0 spiro atoms. The Morgan fingerprint density at radius 1 is 1.12 bits per heavy atom. The van der Waals surface area contributed by atoms with Gasteiger partial charge in [-0.05, 0) is 66.0 Å². The molecule has 0 radical (unpaired) electrons. The van der Waals surface area contributed by atoms with Crippen molar-refractivity contribution in [2.45, 2.75) is 45.6 Å². The van der Waals surface area contributed by atoms with Gasteiger partial charge in [-0.1, -0.05) is 24.3 Å². The highest BCUT2D eigenvalue weighted by Gasteiger charge is 2.26. The van der Waals surface area contributed by atoms with Crippen molar-refractivity contribution < 1.29 is 28.6 Å². The molecule has 12 nitrogen and oxygen atoms in total. The minimum atomic E-state index is -0.994. The number of halogens is 1. The van der Waals surface area contributed by atoms with E-state index >= 15 is 4.39 Å². The van der Waals surface area contributed by atoms with Crippen LogP contribution in [0.1, 0.15) is 55.8 Å². The Kier molecular flexibility index (Phi) is 7.74. The fourth-order valence-electron chi connectivity index (χ4n) is 6.23. The molecule has 13 heteroatoms. The number of fused-ring (bicyclic) bond motifs is 2. The van der Waals surface area contributed by atoms with Crippen molar-refractivity contribution in [3.05, 3.63) is 87.7 Å². The van der Waals surface area contributed by atoms with Crippen LogP contribution in [0.25, 0.3) is 44.3 Å². The maximum atomic E-state index is 15.5. The summed E-state index contributed by atoms with van der Waals surface area (Å²) < 4.78 is 22.3. The summed E-state index contributed by atoms with van der Waals surface area (Å²) in [5, 5.41) is 13.0. The van der Waals surface area contributed by atoms with Crippen LogP contribution in [0.4, 0.5) is 15.1 Å². The zero-order chi connectivity index (χ0) is 33.7. The number of amides is 2. The van der Waals surface area contributed by atoms with Crippen molar-refractivity contribution in [3.8, 4) is 16.9 Å². The third-order valence-corrected chi connectivity index (χ3v) is 8.71. The van der Waals surface area contributed by atoms with Crippen molar-refractivity contribution in [1.29, 1.82) is 0 Å². The van der Waals surface area contributed by atoms with Gasteiger partial charge in [-0.2, -0.15) is 4.98 Å². The normalized spacial score (nSPS) is 14.6. The number of hydrogen-bond acceptors (Lipinski definition) is 7. The summed E-state index contributed by atoms with van der Waals surface area (Å²) in [6.45, 7) is 2.93. The highest BCUT2D eigenvalue weighted by Crippen LogP contribution is 2.41. The molecular weight excluding hydrogens is 619 g/mol. The van der Waals surface area contributed by atoms with E-state index in [0.717, 1.165) is 24.0 Å². The van der Waals surface area contributed by atoms with E-state index in [1.54, 1.807) is 30.5 Å². The molecule has 244 valence electrons. The zero-order valence-electron chi connectivity index (χ0n) is 26.2. The van der Waals surface area contributed by atoms with Crippen LogP contribution >= 0.6 is 0 Å². The molecule has 4 heterocycles. The maximum Gasteiger partial charge on any atom is 0.407 e. The van der Waals surface area contributed by atoms with Crippen LogP contribution < -0.4 is 10.9 Å². The third-order valence-electron chi connectivity index (χ3n) is 8.71. The molecule has 2 amide bonds. The molecule has 1 fully saturated rings. The van der Waals surface area contributed by atoms with Gasteiger partial charge in [0.2, 0.25) is 11.9 Å². The summed E-state index contributed by atoms with van der Waals surface area (Å²) in [6.07, 6.45) is 4.88. The van der Waals surface area contributed by atoms with E-state index in [9.17, 15) is 24.3 Å². The van der Waals surface area contributed by atoms with Gasteiger partial charge >= 0.3 is 12.1 Å². The number of carbonyl (C=O) groups is 3. The first-order valence-corrected chi connectivity index (χ1v) is 15.5. The fourth-order valence-corrected chi connectivity index (χ4v) is 6.23. The molecule has 0 atom stereocenters. The number of benzene rings is 2. The number of hydrogen-bond donors (Lipinski definition) is 3. The summed E-state index contributed by atoms with van der Waals surface area (Å²) in [6, 6.07) is 12.0. The summed E-state index contributed by atoms with van der Waals surface area (Å²) in [4.78, 5) is 63.3. The first-order valence-electron chi connectivity index (χ1n) is 15.5. The summed E-state index contributed by atoms with van der Waals surface area (Å²) in [7, 11) is 0. The minimum Gasteiger partial charge on any atom is -0.465 e. The second-order valence-electron chi connectivity index (χ2n) is 12.0. The average Bonchev–Trinajstić information content (AvgIpc) is 3.82. The smallest absolute Gasteiger partial charge is 0.407 e. The molecule has 0 unspecified atom stereocenters. The van der Waals surface area contributed by atoms with Gasteiger partial charge in [0.05, 0.1) is 16.8 Å². The number of anilines is 1. The summed E-state index contributed by atoms with van der Waals surface area (Å²) >= 11 is 0. The van der Waals surface area contributed by atoms with E-state index < -0.39 is 23.4 Å². The molecule has 1 aliphatic carbocycles. The van der Waals surface area contributed by atoms with Crippen molar-refractivity contribution in [1.82, 2.24) is 24.4 Å². The minimum absolute atomic E-state index is 0.0216. The Bertz CT molecular complexity index is 2250. The van der Waals surface area contributed by atoms with E-state index in [0.29, 0.717) is 63.5 Å². The van der Waals surface area contributed by atoms with Gasteiger partial charge in [0.1, 0.15) is 18.1 Å². The lowest BCUT2D eigenvalue weighted by Gasteiger charge is -2.23. The SMILES string of the molecule is CC(=O)Nc1nc(-c2cccc(-n3ccc4cc(C5CC5)cc(F)c4c3=O)c2COC(C)=O)c2cc(C3=CCN(C(=O)O)CC3)[nH]c2n1. The zero-order valence-corrected chi connectivity index (χ0v) is 26.2. The van der Waals surface area contributed by atoms with Gasteiger partial charge in [0.15, 0.2) is 0 Å². The first-order chi connectivity index (χ1) is 23.1. The number of aromatic amines is 1. The van der Waals surface area contributed by atoms with Crippen LogP contribution in [-0.4, -0.2) is 60.6 Å². The van der Waals surface area contributed by atoms with Crippen LogP contribution in [0.3, 0.4) is 0 Å². The van der Waals surface area contributed by atoms with Gasteiger partial charge in [0, 0.05) is 55.3 Å². The largest absolute Gasteiger partial charge is 0.465 e. The number of aromatic nitrogens is 4. The van der Waals surface area contributed by atoms with E-state index in [2.05, 4.69) is 20.3 Å². The van der Waals surface area contributed by atoms with Crippen molar-refractivity contribution in [2.24, 2.45) is 0 Å². The van der Waals surface area contributed by atoms with Crippen molar-refractivity contribution >= 4 is 51.3 Å². The standard InChI is InChI=1S/C35H31FN6O6/c1-18(43)37-34-39-31(25-16-28(38-32(25)40-34)21-8-11-41(12-9-21)35(46)47)24-4-3-5-29(26(24)17-48-19(2)44)42-13-10-22-14-23(20-6-7-20)15-27(36)30(22)33(42)45/h3-5,8,10,13-16,20H,6-7,9,11-12,17H2,1-2H3,(H,46,47)(H2,37,38,39,40,43). The molecule has 1 saturated carbocycles. The molecular formula is C35H31FN6O6. The van der Waals surface area contributed by atoms with Gasteiger partial charge in [-0.15, -0.1) is 0 Å². The summed E-state index contributed by atoms with van der Waals surface area (Å²) in [5.74, 6) is -1.19. The maximum absolute atomic E-state index is 15.5. The number of carbonyl (C=O) groups excluding carboxylic acids is 2. The first kappa shape index (κ1) is 30.8. The predicted octanol–water partition coefficient (Wildman–Crippen LogP) is 5.73. The third kappa shape index (κ3) is 5.78. The number of H-pyrrole nitrogens is 1. The van der Waals surface area contributed by atoms with Gasteiger partial charge < -0.3 is 19.7 Å². The lowest BCUT2D eigenvalue weighted by molar-refractivity contribution is -0.142. The Labute approximate surface area is 272 Å². The molecule has 2 aromatic carbocycles. The molecule has 0 bridgehead atoms. The van der Waals surface area contributed by atoms with Crippen LogP contribution in [0, 0.1) is 5.82 Å². The number of rotatable bonds is 7. The van der Waals surface area contributed by atoms with Gasteiger partial charge in [-0.25, -0.2) is 14.2 Å². The van der Waals surface area contributed by atoms with Crippen molar-refractivity contribution in [3.63, 3.8) is 0 Å². The van der Waals surface area contributed by atoms with Crippen LogP contribution in [0.2, 0.25) is 0 Å². The molecule has 2 aliphatic rings. The number of carboxylic acid groups (broad SMARTS) is 1. The highest BCUT2D eigenvalue weighted by atomic mass is 19.1. The van der Waals surface area contributed by atoms with Crippen LogP contribution in [-0.2, 0) is 20.9 Å². The molecule has 3 aromatic heterocycles.